The van der Waals surface area contributed by atoms with Gasteiger partial charge in [-0.05, 0) is 101 Å². The van der Waals surface area contributed by atoms with E-state index in [0.717, 1.165) is 60.7 Å². The molecule has 0 bridgehead atoms. The highest BCUT2D eigenvalue weighted by molar-refractivity contribution is 6.12. The maximum Gasteiger partial charge on any atom is 0.135 e. The van der Waals surface area contributed by atoms with E-state index >= 15 is 0 Å². The van der Waals surface area contributed by atoms with Gasteiger partial charge in [0.1, 0.15) is 11.2 Å². The number of aromatic nitrogens is 2. The van der Waals surface area contributed by atoms with Crippen molar-refractivity contribution in [3.63, 3.8) is 0 Å². The van der Waals surface area contributed by atoms with Gasteiger partial charge in [0.15, 0.2) is 0 Å². The zero-order valence-corrected chi connectivity index (χ0v) is 28.6. The van der Waals surface area contributed by atoms with E-state index < -0.39 is 0 Å². The molecule has 3 aromatic heterocycles. The molecule has 0 unspecified atom stereocenters. The van der Waals surface area contributed by atoms with E-state index in [4.69, 9.17) is 4.42 Å². The fraction of sp³-hybridized carbons (Fsp3) is 0.0851. The Morgan fingerprint density at radius 1 is 0.471 bits per heavy atom. The standard InChI is InChI=1S/C47H33N3O/c1-47(2,3)32-23-31(24-34(26-32)50-41-13-7-4-10-35(41)36-11-5-8-14-42(36)50)30-17-20-45-39(25-30)40-27-33(18-21-46(40)51-45)49-43-15-9-6-12-37(43)38-22-29(28-48)16-19-44(38)49/h4-27H,1-3H3. The minimum Gasteiger partial charge on any atom is -0.456 e. The van der Waals surface area contributed by atoms with Crippen molar-refractivity contribution in [1.29, 1.82) is 5.26 Å². The Labute approximate surface area is 295 Å². The van der Waals surface area contributed by atoms with Gasteiger partial charge in [-0.1, -0.05) is 87.5 Å². The van der Waals surface area contributed by atoms with Crippen molar-refractivity contribution >= 4 is 65.6 Å². The minimum atomic E-state index is -0.0544. The summed E-state index contributed by atoms with van der Waals surface area (Å²) in [7, 11) is 0. The molecule has 0 aliphatic rings. The Kier molecular flexibility index (Phi) is 6.17. The number of hydrogen-bond acceptors (Lipinski definition) is 2. The molecule has 7 aromatic carbocycles. The highest BCUT2D eigenvalue weighted by Gasteiger charge is 2.20. The fourth-order valence-corrected chi connectivity index (χ4v) is 7.95. The van der Waals surface area contributed by atoms with E-state index in [1.165, 1.54) is 32.9 Å². The van der Waals surface area contributed by atoms with Gasteiger partial charge in [-0.2, -0.15) is 5.26 Å². The molecule has 0 atom stereocenters. The maximum absolute atomic E-state index is 9.63. The zero-order valence-electron chi connectivity index (χ0n) is 28.6. The predicted octanol–water partition coefficient (Wildman–Crippen LogP) is 12.6. The molecule has 0 radical (unpaired) electrons. The van der Waals surface area contributed by atoms with E-state index in [1.807, 2.05) is 12.1 Å². The van der Waals surface area contributed by atoms with Crippen LogP contribution in [0.1, 0.15) is 31.9 Å². The largest absolute Gasteiger partial charge is 0.456 e. The number of benzene rings is 7. The Morgan fingerprint density at radius 3 is 1.69 bits per heavy atom. The predicted molar refractivity (Wildman–Crippen MR) is 211 cm³/mol. The summed E-state index contributed by atoms with van der Waals surface area (Å²) < 4.78 is 11.1. The van der Waals surface area contributed by atoms with Crippen LogP contribution in [0.3, 0.4) is 0 Å². The fourth-order valence-electron chi connectivity index (χ4n) is 7.95. The molecule has 242 valence electrons. The Balaban J connectivity index is 1.18. The third-order valence-corrected chi connectivity index (χ3v) is 10.5. The Hall–Kier alpha value is -6.57. The maximum atomic E-state index is 9.63. The van der Waals surface area contributed by atoms with Crippen LogP contribution in [0.4, 0.5) is 0 Å². The van der Waals surface area contributed by atoms with E-state index in [1.54, 1.807) is 0 Å². The lowest BCUT2D eigenvalue weighted by atomic mass is 9.85. The summed E-state index contributed by atoms with van der Waals surface area (Å²) in [6.45, 7) is 6.85. The summed E-state index contributed by atoms with van der Waals surface area (Å²) >= 11 is 0. The first-order valence-electron chi connectivity index (χ1n) is 17.4. The molecule has 0 saturated carbocycles. The lowest BCUT2D eigenvalue weighted by Gasteiger charge is -2.22. The van der Waals surface area contributed by atoms with Crippen molar-refractivity contribution in [1.82, 2.24) is 9.13 Å². The second kappa shape index (κ2) is 10.7. The van der Waals surface area contributed by atoms with Crippen LogP contribution in [0.15, 0.2) is 150 Å². The van der Waals surface area contributed by atoms with Crippen molar-refractivity contribution in [3.8, 4) is 28.6 Å². The summed E-state index contributed by atoms with van der Waals surface area (Å²) in [5.74, 6) is 0. The monoisotopic (exact) mass is 655 g/mol. The van der Waals surface area contributed by atoms with E-state index in [0.29, 0.717) is 5.56 Å². The van der Waals surface area contributed by atoms with Crippen molar-refractivity contribution in [2.24, 2.45) is 0 Å². The molecule has 0 saturated heterocycles. The SMILES string of the molecule is CC(C)(C)c1cc(-c2ccc3oc4ccc(-n5c6ccccc6c6cc(C#N)ccc65)cc4c3c2)cc(-n2c3ccccc3c3ccccc32)c1. The van der Waals surface area contributed by atoms with Crippen LogP contribution in [0.25, 0.3) is 88.1 Å². The lowest BCUT2D eigenvalue weighted by molar-refractivity contribution is 0.590. The molecule has 0 spiro atoms. The summed E-state index contributed by atoms with van der Waals surface area (Å²) in [6, 6.07) is 54.1. The van der Waals surface area contributed by atoms with Crippen molar-refractivity contribution in [2.75, 3.05) is 0 Å². The van der Waals surface area contributed by atoms with E-state index in [-0.39, 0.29) is 5.41 Å². The second-order valence-corrected chi connectivity index (χ2v) is 14.6. The average Bonchev–Trinajstić information content (AvgIpc) is 3.81. The number of fused-ring (bicyclic) bond motifs is 9. The van der Waals surface area contributed by atoms with Gasteiger partial charge < -0.3 is 13.6 Å². The van der Waals surface area contributed by atoms with Gasteiger partial charge in [-0.15, -0.1) is 0 Å². The van der Waals surface area contributed by atoms with Gasteiger partial charge in [-0.25, -0.2) is 0 Å². The van der Waals surface area contributed by atoms with Crippen molar-refractivity contribution in [3.05, 3.63) is 157 Å². The third-order valence-electron chi connectivity index (χ3n) is 10.5. The zero-order chi connectivity index (χ0) is 34.4. The summed E-state index contributed by atoms with van der Waals surface area (Å²) in [5, 5.41) is 16.5. The van der Waals surface area contributed by atoms with Gasteiger partial charge in [0.25, 0.3) is 0 Å². The van der Waals surface area contributed by atoms with Gasteiger partial charge >= 0.3 is 0 Å². The number of nitrogens with zero attached hydrogens (tertiary/aromatic N) is 3. The second-order valence-electron chi connectivity index (χ2n) is 14.6. The molecule has 0 amide bonds. The quantitative estimate of drug-likeness (QED) is 0.190. The first-order valence-corrected chi connectivity index (χ1v) is 17.4. The number of rotatable bonds is 3. The molecule has 51 heavy (non-hydrogen) atoms. The van der Waals surface area contributed by atoms with Crippen LogP contribution in [0, 0.1) is 11.3 Å². The van der Waals surface area contributed by atoms with E-state index in [2.05, 4.69) is 169 Å². The molecular formula is C47H33N3O. The first-order chi connectivity index (χ1) is 24.9. The molecule has 4 heteroatoms. The van der Waals surface area contributed by atoms with Crippen LogP contribution in [-0.4, -0.2) is 9.13 Å². The molecular weight excluding hydrogens is 623 g/mol. The summed E-state index contributed by atoms with van der Waals surface area (Å²) in [5.41, 5.74) is 12.7. The number of para-hydroxylation sites is 3. The van der Waals surface area contributed by atoms with Crippen LogP contribution < -0.4 is 0 Å². The smallest absolute Gasteiger partial charge is 0.135 e. The van der Waals surface area contributed by atoms with Crippen LogP contribution >= 0.6 is 0 Å². The van der Waals surface area contributed by atoms with Gasteiger partial charge in [0.05, 0.1) is 33.7 Å². The first kappa shape index (κ1) is 29.4. The molecule has 0 aliphatic heterocycles. The molecule has 0 aliphatic carbocycles. The van der Waals surface area contributed by atoms with Crippen LogP contribution in [0.2, 0.25) is 0 Å². The summed E-state index contributed by atoms with van der Waals surface area (Å²) in [4.78, 5) is 0. The highest BCUT2D eigenvalue weighted by Crippen LogP contribution is 2.40. The number of furan rings is 1. The lowest BCUT2D eigenvalue weighted by Crippen LogP contribution is -2.12. The molecule has 10 rings (SSSR count). The third kappa shape index (κ3) is 4.45. The van der Waals surface area contributed by atoms with Gasteiger partial charge in [0, 0.05) is 43.7 Å². The minimum absolute atomic E-state index is 0.0544. The molecule has 3 heterocycles. The van der Waals surface area contributed by atoms with Gasteiger partial charge in [-0.3, -0.25) is 0 Å². The van der Waals surface area contributed by atoms with Gasteiger partial charge in [0.2, 0.25) is 0 Å². The molecule has 0 N–H and O–H groups in total. The van der Waals surface area contributed by atoms with Crippen molar-refractivity contribution in [2.45, 2.75) is 26.2 Å². The summed E-state index contributed by atoms with van der Waals surface area (Å²) in [6.07, 6.45) is 0. The van der Waals surface area contributed by atoms with Crippen molar-refractivity contribution < 1.29 is 4.42 Å². The normalized spacial score (nSPS) is 12.2. The molecule has 0 fully saturated rings. The molecule has 10 aromatic rings. The topological polar surface area (TPSA) is 46.8 Å². The van der Waals surface area contributed by atoms with E-state index in [9.17, 15) is 5.26 Å². The Bertz CT molecular complexity index is 3030. The van der Waals surface area contributed by atoms with Crippen LogP contribution in [0.5, 0.6) is 0 Å². The molecule has 4 nitrogen and oxygen atoms in total. The number of nitriles is 1. The number of hydrogen-bond donors (Lipinski definition) is 0. The van der Waals surface area contributed by atoms with Crippen LogP contribution in [-0.2, 0) is 5.41 Å². The Morgan fingerprint density at radius 2 is 1.04 bits per heavy atom. The highest BCUT2D eigenvalue weighted by atomic mass is 16.3. The average molecular weight is 656 g/mol.